The molecule has 1 aromatic rings. The maximum Gasteiger partial charge on any atom is 0.321 e. The number of rotatable bonds is 2. The van der Waals surface area contributed by atoms with Crippen LogP contribution in [0.3, 0.4) is 0 Å². The third-order valence-electron chi connectivity index (χ3n) is 2.87. The molecule has 2 heterocycles. The van der Waals surface area contributed by atoms with Gasteiger partial charge in [-0.2, -0.15) is 0 Å². The molecule has 7 heteroatoms. The summed E-state index contributed by atoms with van der Waals surface area (Å²) < 4.78 is 0. The van der Waals surface area contributed by atoms with Gasteiger partial charge in [-0.3, -0.25) is 4.79 Å². The molecule has 0 spiro atoms. The molecule has 0 aromatic carbocycles. The van der Waals surface area contributed by atoms with Crippen molar-refractivity contribution in [2.75, 3.05) is 18.4 Å². The molecule has 2 amide bonds. The maximum absolute atomic E-state index is 11.9. The molecule has 1 aliphatic rings. The number of nitrogens with one attached hydrogen (secondary N) is 1. The van der Waals surface area contributed by atoms with Crippen LogP contribution in [0.5, 0.6) is 0 Å². The Bertz CT molecular complexity index is 437. The Morgan fingerprint density at radius 2 is 2.11 bits per heavy atom. The van der Waals surface area contributed by atoms with Crippen LogP contribution in [-0.4, -0.2) is 45.1 Å². The monoisotopic (exact) mass is 250 g/mol. The Balaban J connectivity index is 1.95. The largest absolute Gasteiger partial charge is 0.481 e. The first-order valence-corrected chi connectivity index (χ1v) is 5.70. The van der Waals surface area contributed by atoms with Crippen LogP contribution in [0.2, 0.25) is 0 Å². The average Bonchev–Trinajstić information content (AvgIpc) is 2.40. The number of aromatic nitrogens is 2. The van der Waals surface area contributed by atoms with Gasteiger partial charge in [0.2, 0.25) is 0 Å². The summed E-state index contributed by atoms with van der Waals surface area (Å²) in [7, 11) is 0. The predicted molar refractivity (Wildman–Crippen MR) is 63.0 cm³/mol. The number of carboxylic acids is 1. The fourth-order valence-corrected chi connectivity index (χ4v) is 1.93. The Morgan fingerprint density at radius 1 is 1.39 bits per heavy atom. The molecule has 1 unspecified atom stereocenters. The summed E-state index contributed by atoms with van der Waals surface area (Å²) in [5, 5.41) is 11.6. The number of aliphatic carboxylic acids is 1. The third kappa shape index (κ3) is 2.93. The predicted octanol–water partition coefficient (Wildman–Crippen LogP) is 0.805. The highest BCUT2D eigenvalue weighted by Gasteiger charge is 2.28. The van der Waals surface area contributed by atoms with Crippen molar-refractivity contribution in [3.8, 4) is 0 Å². The number of amides is 2. The van der Waals surface area contributed by atoms with Gasteiger partial charge in [-0.25, -0.2) is 14.8 Å². The normalized spacial score (nSPS) is 19.3. The van der Waals surface area contributed by atoms with E-state index in [1.54, 1.807) is 0 Å². The minimum Gasteiger partial charge on any atom is -0.481 e. The zero-order valence-corrected chi connectivity index (χ0v) is 9.74. The summed E-state index contributed by atoms with van der Waals surface area (Å²) >= 11 is 0. The van der Waals surface area contributed by atoms with Gasteiger partial charge in [-0.05, 0) is 12.8 Å². The molecular formula is C11H14N4O3. The molecule has 96 valence electrons. The quantitative estimate of drug-likeness (QED) is 0.809. The van der Waals surface area contributed by atoms with Crippen molar-refractivity contribution in [2.24, 2.45) is 5.92 Å². The van der Waals surface area contributed by atoms with E-state index in [0.717, 1.165) is 0 Å². The first kappa shape index (κ1) is 12.3. The Kier molecular flexibility index (Phi) is 3.71. The summed E-state index contributed by atoms with van der Waals surface area (Å²) in [6.45, 7) is 0.818. The van der Waals surface area contributed by atoms with E-state index >= 15 is 0 Å². The third-order valence-corrected chi connectivity index (χ3v) is 2.87. The van der Waals surface area contributed by atoms with Crippen LogP contribution in [0.1, 0.15) is 12.8 Å². The molecule has 2 rings (SSSR count). The van der Waals surface area contributed by atoms with Crippen molar-refractivity contribution in [1.29, 1.82) is 0 Å². The van der Waals surface area contributed by atoms with Crippen LogP contribution in [0.4, 0.5) is 10.5 Å². The number of urea groups is 1. The van der Waals surface area contributed by atoms with Gasteiger partial charge in [0.25, 0.3) is 0 Å². The second-order valence-corrected chi connectivity index (χ2v) is 4.18. The second kappa shape index (κ2) is 5.44. The van der Waals surface area contributed by atoms with Crippen LogP contribution in [0.15, 0.2) is 18.7 Å². The smallest absolute Gasteiger partial charge is 0.321 e. The van der Waals surface area contributed by atoms with Crippen molar-refractivity contribution in [3.63, 3.8) is 0 Å². The minimum absolute atomic E-state index is 0.245. The summed E-state index contributed by atoms with van der Waals surface area (Å²) in [5.41, 5.74) is 0.500. The standard InChI is InChI=1S/C11H14N4O3/c16-10(17)8-2-1-3-15(6-8)11(18)14-9-4-12-7-13-5-9/h4-5,7-8H,1-3,6H2,(H,14,18)(H,16,17). The molecule has 0 aliphatic carbocycles. The molecule has 1 saturated heterocycles. The molecule has 1 aliphatic heterocycles. The lowest BCUT2D eigenvalue weighted by Gasteiger charge is -2.30. The van der Waals surface area contributed by atoms with E-state index in [9.17, 15) is 9.59 Å². The lowest BCUT2D eigenvalue weighted by molar-refractivity contribution is -0.143. The molecule has 0 radical (unpaired) electrons. The minimum atomic E-state index is -0.851. The van der Waals surface area contributed by atoms with E-state index in [4.69, 9.17) is 5.11 Å². The van der Waals surface area contributed by atoms with Crippen LogP contribution in [0.25, 0.3) is 0 Å². The average molecular weight is 250 g/mol. The summed E-state index contributed by atoms with van der Waals surface area (Å²) in [6.07, 6.45) is 5.67. The zero-order chi connectivity index (χ0) is 13.0. The van der Waals surface area contributed by atoms with E-state index in [2.05, 4.69) is 15.3 Å². The van der Waals surface area contributed by atoms with Gasteiger partial charge in [-0.15, -0.1) is 0 Å². The number of carbonyl (C=O) groups excluding carboxylic acids is 1. The van der Waals surface area contributed by atoms with E-state index in [0.29, 0.717) is 25.1 Å². The number of piperidine rings is 1. The topological polar surface area (TPSA) is 95.4 Å². The van der Waals surface area contributed by atoms with E-state index in [-0.39, 0.29) is 12.6 Å². The number of hydrogen-bond donors (Lipinski definition) is 2. The van der Waals surface area contributed by atoms with Crippen molar-refractivity contribution in [1.82, 2.24) is 14.9 Å². The molecule has 2 N–H and O–H groups in total. The van der Waals surface area contributed by atoms with Crippen LogP contribution in [0, 0.1) is 5.92 Å². The van der Waals surface area contributed by atoms with Crippen molar-refractivity contribution >= 4 is 17.7 Å². The van der Waals surface area contributed by atoms with Crippen LogP contribution >= 0.6 is 0 Å². The number of hydrogen-bond acceptors (Lipinski definition) is 4. The molecule has 1 aromatic heterocycles. The molecule has 0 bridgehead atoms. The number of anilines is 1. The fourth-order valence-electron chi connectivity index (χ4n) is 1.93. The first-order chi connectivity index (χ1) is 8.66. The fraction of sp³-hybridized carbons (Fsp3) is 0.455. The zero-order valence-electron chi connectivity index (χ0n) is 9.74. The van der Waals surface area contributed by atoms with Gasteiger partial charge in [0.1, 0.15) is 6.33 Å². The molecule has 1 atom stereocenters. The van der Waals surface area contributed by atoms with Crippen LogP contribution in [-0.2, 0) is 4.79 Å². The molecule has 7 nitrogen and oxygen atoms in total. The molecule has 1 fully saturated rings. The summed E-state index contributed by atoms with van der Waals surface area (Å²) in [6, 6.07) is -0.309. The highest BCUT2D eigenvalue weighted by molar-refractivity contribution is 5.89. The van der Waals surface area contributed by atoms with E-state index in [1.807, 2.05) is 0 Å². The van der Waals surface area contributed by atoms with Crippen molar-refractivity contribution < 1.29 is 14.7 Å². The van der Waals surface area contributed by atoms with Gasteiger partial charge < -0.3 is 15.3 Å². The lowest BCUT2D eigenvalue weighted by atomic mass is 9.99. The van der Waals surface area contributed by atoms with Gasteiger partial charge in [0, 0.05) is 13.1 Å². The highest BCUT2D eigenvalue weighted by atomic mass is 16.4. The molecule has 18 heavy (non-hydrogen) atoms. The SMILES string of the molecule is O=C(O)C1CCCN(C(=O)Nc2cncnc2)C1. The van der Waals surface area contributed by atoms with Crippen molar-refractivity contribution in [3.05, 3.63) is 18.7 Å². The summed E-state index contributed by atoms with van der Waals surface area (Å²) in [4.78, 5) is 31.9. The van der Waals surface area contributed by atoms with Gasteiger partial charge in [-0.1, -0.05) is 0 Å². The number of likely N-dealkylation sites (tertiary alicyclic amines) is 1. The summed E-state index contributed by atoms with van der Waals surface area (Å²) in [5.74, 6) is -1.33. The Labute approximate surface area is 104 Å². The molecular weight excluding hydrogens is 236 g/mol. The van der Waals surface area contributed by atoms with Gasteiger partial charge >= 0.3 is 12.0 Å². The van der Waals surface area contributed by atoms with E-state index < -0.39 is 11.9 Å². The molecule has 0 saturated carbocycles. The Hall–Kier alpha value is -2.18. The van der Waals surface area contributed by atoms with E-state index in [1.165, 1.54) is 23.6 Å². The first-order valence-electron chi connectivity index (χ1n) is 5.70. The lowest BCUT2D eigenvalue weighted by Crippen LogP contribution is -2.44. The highest BCUT2D eigenvalue weighted by Crippen LogP contribution is 2.17. The second-order valence-electron chi connectivity index (χ2n) is 4.18. The maximum atomic E-state index is 11.9. The van der Waals surface area contributed by atoms with Gasteiger partial charge in [0.05, 0.1) is 24.0 Å². The van der Waals surface area contributed by atoms with Crippen LogP contribution < -0.4 is 5.32 Å². The number of carboxylic acid groups (broad SMARTS) is 1. The van der Waals surface area contributed by atoms with Gasteiger partial charge in [0.15, 0.2) is 0 Å². The Morgan fingerprint density at radius 3 is 2.78 bits per heavy atom. The van der Waals surface area contributed by atoms with Crippen molar-refractivity contribution in [2.45, 2.75) is 12.8 Å². The number of nitrogens with zero attached hydrogens (tertiary/aromatic N) is 3. The number of carbonyl (C=O) groups is 2.